The Hall–Kier alpha value is -1.66. The number of amides is 1. The summed E-state index contributed by atoms with van der Waals surface area (Å²) >= 11 is 1.74. The van der Waals surface area contributed by atoms with Crippen molar-refractivity contribution in [3.05, 3.63) is 40.3 Å². The molecule has 5 nitrogen and oxygen atoms in total. The Morgan fingerprint density at radius 3 is 2.96 bits per heavy atom. The van der Waals surface area contributed by atoms with Gasteiger partial charge < -0.3 is 4.90 Å². The average molecular weight is 344 g/mol. The fourth-order valence-electron chi connectivity index (χ4n) is 3.65. The second kappa shape index (κ2) is 6.69. The maximum absolute atomic E-state index is 13.0. The number of aromatic nitrogens is 2. The summed E-state index contributed by atoms with van der Waals surface area (Å²) in [7, 11) is 1.95. The van der Waals surface area contributed by atoms with Gasteiger partial charge in [-0.05, 0) is 43.7 Å². The summed E-state index contributed by atoms with van der Waals surface area (Å²) in [5, 5.41) is 6.38. The van der Waals surface area contributed by atoms with Crippen molar-refractivity contribution >= 4 is 17.2 Å². The molecule has 1 saturated carbocycles. The van der Waals surface area contributed by atoms with E-state index in [0.29, 0.717) is 18.6 Å². The van der Waals surface area contributed by atoms with Gasteiger partial charge in [-0.15, -0.1) is 11.3 Å². The first kappa shape index (κ1) is 15.8. The van der Waals surface area contributed by atoms with Crippen LogP contribution in [-0.4, -0.2) is 44.6 Å². The summed E-state index contributed by atoms with van der Waals surface area (Å²) in [6.07, 6.45) is 8.61. The second-order valence-electron chi connectivity index (χ2n) is 6.91. The summed E-state index contributed by atoms with van der Waals surface area (Å²) < 4.78 is 1.85. The second-order valence-corrected chi connectivity index (χ2v) is 7.94. The number of rotatable bonds is 6. The van der Waals surface area contributed by atoms with Gasteiger partial charge in [0.1, 0.15) is 0 Å². The molecule has 3 heterocycles. The Morgan fingerprint density at radius 2 is 2.29 bits per heavy atom. The number of hydrogen-bond donors (Lipinski definition) is 0. The molecule has 0 aromatic carbocycles. The highest BCUT2D eigenvalue weighted by molar-refractivity contribution is 7.09. The fourth-order valence-corrected chi connectivity index (χ4v) is 4.35. The average Bonchev–Trinajstić information content (AvgIpc) is 2.96. The van der Waals surface area contributed by atoms with E-state index in [-0.39, 0.29) is 5.91 Å². The molecule has 2 fully saturated rings. The minimum absolute atomic E-state index is 0.279. The van der Waals surface area contributed by atoms with E-state index in [1.54, 1.807) is 11.3 Å². The zero-order valence-corrected chi connectivity index (χ0v) is 14.9. The maximum atomic E-state index is 13.0. The van der Waals surface area contributed by atoms with Crippen molar-refractivity contribution in [1.82, 2.24) is 19.6 Å². The number of hydrogen-bond acceptors (Lipinski definition) is 4. The van der Waals surface area contributed by atoms with Gasteiger partial charge in [-0.2, -0.15) is 5.10 Å². The molecule has 2 aliphatic rings. The van der Waals surface area contributed by atoms with Gasteiger partial charge in [0.15, 0.2) is 0 Å². The molecule has 1 amide bonds. The van der Waals surface area contributed by atoms with Gasteiger partial charge in [-0.3, -0.25) is 14.4 Å². The van der Waals surface area contributed by atoms with Gasteiger partial charge in [-0.1, -0.05) is 6.07 Å². The lowest BCUT2D eigenvalue weighted by molar-refractivity contribution is -0.133. The van der Waals surface area contributed by atoms with Crippen LogP contribution in [0, 0.1) is 0 Å². The SMILES string of the molecule is Cn1cc([C@@H]2CCCN2CC(=O)N(Cc2cccs2)C2CC2)cn1. The first-order chi connectivity index (χ1) is 11.7. The van der Waals surface area contributed by atoms with Gasteiger partial charge in [0, 0.05) is 35.8 Å². The topological polar surface area (TPSA) is 41.4 Å². The zero-order valence-electron chi connectivity index (χ0n) is 14.1. The van der Waals surface area contributed by atoms with Crippen molar-refractivity contribution in [2.24, 2.45) is 7.05 Å². The Kier molecular flexibility index (Phi) is 4.41. The van der Waals surface area contributed by atoms with Crippen LogP contribution in [0.15, 0.2) is 29.9 Å². The molecule has 0 N–H and O–H groups in total. The molecule has 2 aromatic heterocycles. The van der Waals surface area contributed by atoms with E-state index in [4.69, 9.17) is 0 Å². The first-order valence-corrected chi connectivity index (χ1v) is 9.63. The quantitative estimate of drug-likeness (QED) is 0.809. The molecule has 6 heteroatoms. The highest BCUT2D eigenvalue weighted by atomic mass is 32.1. The molecule has 1 saturated heterocycles. The standard InChI is InChI=1S/C18H24N4OS/c1-20-11-14(10-19-20)17-5-2-8-21(17)13-18(23)22(15-6-7-15)12-16-4-3-9-24-16/h3-4,9-11,15,17H,2,5-8,12-13H2,1H3/t17-/m0/s1. The van der Waals surface area contributed by atoms with E-state index < -0.39 is 0 Å². The number of nitrogens with zero attached hydrogens (tertiary/aromatic N) is 4. The molecule has 24 heavy (non-hydrogen) atoms. The molecule has 4 rings (SSSR count). The molecule has 0 spiro atoms. The van der Waals surface area contributed by atoms with Crippen molar-refractivity contribution in [3.8, 4) is 0 Å². The van der Waals surface area contributed by atoms with Crippen molar-refractivity contribution < 1.29 is 4.79 Å². The summed E-state index contributed by atoms with van der Waals surface area (Å²) in [5.74, 6) is 0.279. The van der Waals surface area contributed by atoms with Gasteiger partial charge in [-0.25, -0.2) is 0 Å². The van der Waals surface area contributed by atoms with Gasteiger partial charge in [0.05, 0.1) is 19.3 Å². The normalized spacial score (nSPS) is 21.3. The van der Waals surface area contributed by atoms with Crippen molar-refractivity contribution in [2.75, 3.05) is 13.1 Å². The van der Waals surface area contributed by atoms with Crippen molar-refractivity contribution in [3.63, 3.8) is 0 Å². The summed E-state index contributed by atoms with van der Waals surface area (Å²) in [4.78, 5) is 18.7. The minimum Gasteiger partial charge on any atom is -0.333 e. The lowest BCUT2D eigenvalue weighted by atomic mass is 10.1. The van der Waals surface area contributed by atoms with Crippen molar-refractivity contribution in [1.29, 1.82) is 0 Å². The van der Waals surface area contributed by atoms with E-state index in [9.17, 15) is 4.79 Å². The molecule has 1 aliphatic carbocycles. The van der Waals surface area contributed by atoms with Crippen LogP contribution in [0.4, 0.5) is 0 Å². The minimum atomic E-state index is 0.279. The number of aryl methyl sites for hydroxylation is 1. The van der Waals surface area contributed by atoms with E-state index in [2.05, 4.69) is 38.6 Å². The van der Waals surface area contributed by atoms with Crippen LogP contribution in [0.1, 0.15) is 42.2 Å². The summed E-state index contributed by atoms with van der Waals surface area (Å²) in [6, 6.07) is 4.99. The molecule has 0 bridgehead atoms. The molecule has 1 aliphatic heterocycles. The van der Waals surface area contributed by atoms with E-state index in [1.165, 1.54) is 10.4 Å². The smallest absolute Gasteiger partial charge is 0.237 e. The van der Waals surface area contributed by atoms with Crippen LogP contribution in [0.25, 0.3) is 0 Å². The Balaban J connectivity index is 1.43. The Bertz CT molecular complexity index is 692. The van der Waals surface area contributed by atoms with E-state index in [0.717, 1.165) is 38.8 Å². The molecular formula is C18H24N4OS. The largest absolute Gasteiger partial charge is 0.333 e. The predicted molar refractivity (Wildman–Crippen MR) is 94.6 cm³/mol. The molecule has 0 radical (unpaired) electrons. The van der Waals surface area contributed by atoms with Gasteiger partial charge >= 0.3 is 0 Å². The van der Waals surface area contributed by atoms with Crippen LogP contribution < -0.4 is 0 Å². The number of carbonyl (C=O) groups is 1. The maximum Gasteiger partial charge on any atom is 0.237 e. The lowest BCUT2D eigenvalue weighted by Gasteiger charge is -2.28. The predicted octanol–water partition coefficient (Wildman–Crippen LogP) is 2.81. The highest BCUT2D eigenvalue weighted by Gasteiger charge is 2.35. The Morgan fingerprint density at radius 1 is 1.42 bits per heavy atom. The third-order valence-electron chi connectivity index (χ3n) is 5.03. The van der Waals surface area contributed by atoms with E-state index in [1.807, 2.05) is 17.9 Å². The molecular weight excluding hydrogens is 320 g/mol. The monoisotopic (exact) mass is 344 g/mol. The molecule has 2 aromatic rings. The van der Waals surface area contributed by atoms with Crippen LogP contribution in [0.5, 0.6) is 0 Å². The van der Waals surface area contributed by atoms with Gasteiger partial charge in [0.25, 0.3) is 0 Å². The molecule has 1 atom stereocenters. The lowest BCUT2D eigenvalue weighted by Crippen LogP contribution is -2.40. The van der Waals surface area contributed by atoms with Crippen LogP contribution in [-0.2, 0) is 18.4 Å². The summed E-state index contributed by atoms with van der Waals surface area (Å²) in [6.45, 7) is 2.30. The van der Waals surface area contributed by atoms with Gasteiger partial charge in [0.2, 0.25) is 5.91 Å². The van der Waals surface area contributed by atoms with Crippen molar-refractivity contribution in [2.45, 2.75) is 44.3 Å². The fraction of sp³-hybridized carbons (Fsp3) is 0.556. The van der Waals surface area contributed by atoms with Crippen LogP contribution in [0.3, 0.4) is 0 Å². The zero-order chi connectivity index (χ0) is 16.5. The Labute approximate surface area is 146 Å². The number of thiophene rings is 1. The van der Waals surface area contributed by atoms with Crippen LogP contribution in [0.2, 0.25) is 0 Å². The first-order valence-electron chi connectivity index (χ1n) is 8.75. The number of carbonyl (C=O) groups excluding carboxylic acids is 1. The van der Waals surface area contributed by atoms with E-state index >= 15 is 0 Å². The summed E-state index contributed by atoms with van der Waals surface area (Å²) in [5.41, 5.74) is 1.24. The molecule has 128 valence electrons. The van der Waals surface area contributed by atoms with Crippen LogP contribution >= 0.6 is 11.3 Å². The highest BCUT2D eigenvalue weighted by Crippen LogP contribution is 2.33. The third kappa shape index (κ3) is 3.39. The third-order valence-corrected chi connectivity index (χ3v) is 5.89. The molecule has 0 unspecified atom stereocenters. The number of likely N-dealkylation sites (tertiary alicyclic amines) is 1.